The second-order valence-electron chi connectivity index (χ2n) is 5.66. The van der Waals surface area contributed by atoms with Gasteiger partial charge in [-0.2, -0.15) is 0 Å². The molecule has 1 aliphatic rings. The fraction of sp³-hybridized carbons (Fsp3) is 0.750. The molecule has 0 spiro atoms. The van der Waals surface area contributed by atoms with Crippen molar-refractivity contribution in [2.45, 2.75) is 58.4 Å². The average Bonchev–Trinajstić information content (AvgIpc) is 2.50. The summed E-state index contributed by atoms with van der Waals surface area (Å²) in [6.07, 6.45) is 8.15. The zero-order valence-corrected chi connectivity index (χ0v) is 13.3. The Labute approximate surface area is 127 Å². The zero-order valence-electron chi connectivity index (χ0n) is 13.3. The third-order valence-corrected chi connectivity index (χ3v) is 4.13. The Balaban J connectivity index is 2.33. The third-order valence-electron chi connectivity index (χ3n) is 4.13. The van der Waals surface area contributed by atoms with Crippen LogP contribution in [0.25, 0.3) is 0 Å². The van der Waals surface area contributed by atoms with Gasteiger partial charge < -0.3 is 15.3 Å². The summed E-state index contributed by atoms with van der Waals surface area (Å²) in [6, 6.07) is 0.406. The lowest BCUT2D eigenvalue weighted by Crippen LogP contribution is -2.41. The molecule has 1 unspecified atom stereocenters. The van der Waals surface area contributed by atoms with E-state index >= 15 is 0 Å². The molecule has 0 radical (unpaired) electrons. The van der Waals surface area contributed by atoms with Gasteiger partial charge >= 0.3 is 0 Å². The third kappa shape index (κ3) is 3.84. The van der Waals surface area contributed by atoms with Crippen molar-refractivity contribution in [3.8, 4) is 0 Å². The van der Waals surface area contributed by atoms with Gasteiger partial charge in [-0.05, 0) is 39.0 Å². The number of aromatic nitrogens is 2. The van der Waals surface area contributed by atoms with Crippen molar-refractivity contribution < 1.29 is 5.11 Å². The highest BCUT2D eigenvalue weighted by molar-refractivity contribution is 5.59. The van der Waals surface area contributed by atoms with Crippen molar-refractivity contribution in [2.24, 2.45) is 0 Å². The topological polar surface area (TPSA) is 61.3 Å². The van der Waals surface area contributed by atoms with Gasteiger partial charge in [-0.1, -0.05) is 13.3 Å². The molecule has 0 saturated carbocycles. The van der Waals surface area contributed by atoms with Gasteiger partial charge in [-0.3, -0.25) is 0 Å². The minimum Gasteiger partial charge on any atom is -0.396 e. The summed E-state index contributed by atoms with van der Waals surface area (Å²) < 4.78 is 0. The largest absolute Gasteiger partial charge is 0.396 e. The highest BCUT2D eigenvalue weighted by atomic mass is 16.3. The van der Waals surface area contributed by atoms with E-state index in [1.54, 1.807) is 6.33 Å². The van der Waals surface area contributed by atoms with E-state index in [1.165, 1.54) is 18.4 Å². The van der Waals surface area contributed by atoms with E-state index in [0.717, 1.165) is 50.4 Å². The Morgan fingerprint density at radius 2 is 2.19 bits per heavy atom. The van der Waals surface area contributed by atoms with Crippen molar-refractivity contribution in [2.75, 3.05) is 29.9 Å². The number of nitrogens with zero attached hydrogens (tertiary/aromatic N) is 3. The van der Waals surface area contributed by atoms with Crippen LogP contribution >= 0.6 is 0 Å². The minimum atomic E-state index is 0.245. The van der Waals surface area contributed by atoms with Crippen LogP contribution in [0.4, 0.5) is 11.6 Å². The molecule has 5 heteroatoms. The number of aliphatic hydroxyl groups excluding tert-OH is 1. The maximum atomic E-state index is 9.32. The molecule has 2 rings (SSSR count). The number of rotatable bonds is 7. The highest BCUT2D eigenvalue weighted by Crippen LogP contribution is 2.31. The molecule has 118 valence electrons. The van der Waals surface area contributed by atoms with E-state index in [2.05, 4.69) is 34.0 Å². The minimum absolute atomic E-state index is 0.245. The lowest BCUT2D eigenvalue weighted by Gasteiger charge is -2.37. The maximum Gasteiger partial charge on any atom is 0.137 e. The molecule has 5 nitrogen and oxygen atoms in total. The second-order valence-corrected chi connectivity index (χ2v) is 5.66. The normalized spacial score (nSPS) is 18.8. The first kappa shape index (κ1) is 16.0. The Kier molecular flexibility index (Phi) is 6.23. The van der Waals surface area contributed by atoms with Gasteiger partial charge in [0.2, 0.25) is 0 Å². The van der Waals surface area contributed by atoms with Gasteiger partial charge in [0.15, 0.2) is 0 Å². The molecule has 1 saturated heterocycles. The number of nitrogens with one attached hydrogen (secondary N) is 1. The molecule has 1 aromatic rings. The smallest absolute Gasteiger partial charge is 0.137 e. The monoisotopic (exact) mass is 292 g/mol. The highest BCUT2D eigenvalue weighted by Gasteiger charge is 2.26. The van der Waals surface area contributed by atoms with Crippen molar-refractivity contribution in [3.63, 3.8) is 0 Å². The van der Waals surface area contributed by atoms with Gasteiger partial charge in [-0.15, -0.1) is 0 Å². The molecule has 2 N–H and O–H groups in total. The fourth-order valence-electron chi connectivity index (χ4n) is 3.18. The van der Waals surface area contributed by atoms with E-state index < -0.39 is 0 Å². The summed E-state index contributed by atoms with van der Waals surface area (Å²) >= 11 is 0. The molecule has 1 fully saturated rings. The molecule has 1 atom stereocenters. The van der Waals surface area contributed by atoms with Gasteiger partial charge in [-0.25, -0.2) is 9.97 Å². The quantitative estimate of drug-likeness (QED) is 0.809. The molecule has 0 amide bonds. The predicted octanol–water partition coefficient (Wildman–Crippen LogP) is 2.60. The van der Waals surface area contributed by atoms with E-state index in [-0.39, 0.29) is 6.61 Å². The number of hydrogen-bond acceptors (Lipinski definition) is 5. The van der Waals surface area contributed by atoms with Gasteiger partial charge in [0.05, 0.1) is 0 Å². The van der Waals surface area contributed by atoms with E-state index in [0.29, 0.717) is 6.04 Å². The summed E-state index contributed by atoms with van der Waals surface area (Å²) in [7, 11) is 0. The maximum absolute atomic E-state index is 9.32. The summed E-state index contributed by atoms with van der Waals surface area (Å²) in [4.78, 5) is 11.4. The molecule has 2 heterocycles. The molecule has 1 aliphatic heterocycles. The first-order valence-electron chi connectivity index (χ1n) is 8.27. The van der Waals surface area contributed by atoms with Crippen LogP contribution < -0.4 is 10.2 Å². The van der Waals surface area contributed by atoms with Crippen LogP contribution in [0.15, 0.2) is 6.33 Å². The number of hydrogen-bond donors (Lipinski definition) is 2. The Hall–Kier alpha value is -1.36. The van der Waals surface area contributed by atoms with Crippen molar-refractivity contribution in [1.82, 2.24) is 9.97 Å². The molecular weight excluding hydrogens is 264 g/mol. The Morgan fingerprint density at radius 1 is 1.33 bits per heavy atom. The Bertz CT molecular complexity index is 436. The summed E-state index contributed by atoms with van der Waals surface area (Å²) in [5, 5.41) is 12.7. The zero-order chi connectivity index (χ0) is 15.1. The number of aliphatic hydroxyl groups is 1. The number of piperidine rings is 1. The van der Waals surface area contributed by atoms with Crippen LogP contribution in [0.1, 0.15) is 51.5 Å². The lowest BCUT2D eigenvalue weighted by molar-refractivity contribution is 0.262. The first-order valence-corrected chi connectivity index (χ1v) is 8.27. The lowest BCUT2D eigenvalue weighted by atomic mass is 9.98. The van der Waals surface area contributed by atoms with Gasteiger partial charge in [0.25, 0.3) is 0 Å². The fourth-order valence-corrected chi connectivity index (χ4v) is 3.18. The standard InChI is InChI=1S/C16H28N4O/c1-3-7-14-15(17-4-2)18-12-19-16(14)20-10-6-5-8-13(20)9-11-21/h12-13,21H,3-11H2,1-2H3,(H,17,18,19). The van der Waals surface area contributed by atoms with E-state index in [4.69, 9.17) is 0 Å². The molecule has 0 bridgehead atoms. The predicted molar refractivity (Wildman–Crippen MR) is 86.9 cm³/mol. The summed E-state index contributed by atoms with van der Waals surface area (Å²) in [5.74, 6) is 2.04. The van der Waals surface area contributed by atoms with Crippen molar-refractivity contribution >= 4 is 11.6 Å². The average molecular weight is 292 g/mol. The molecular formula is C16H28N4O. The summed E-state index contributed by atoms with van der Waals surface area (Å²) in [6.45, 7) is 6.42. The van der Waals surface area contributed by atoms with Crippen LogP contribution in [-0.4, -0.2) is 40.8 Å². The van der Waals surface area contributed by atoms with Gasteiger partial charge in [0.1, 0.15) is 18.0 Å². The SMILES string of the molecule is CCCc1c(NCC)ncnc1N1CCCCC1CCO. The van der Waals surface area contributed by atoms with Crippen LogP contribution in [-0.2, 0) is 6.42 Å². The van der Waals surface area contributed by atoms with E-state index in [9.17, 15) is 5.11 Å². The molecule has 0 aliphatic carbocycles. The number of anilines is 2. The molecule has 0 aromatic carbocycles. The summed E-state index contributed by atoms with van der Waals surface area (Å²) in [5.41, 5.74) is 1.23. The molecule has 21 heavy (non-hydrogen) atoms. The van der Waals surface area contributed by atoms with Crippen LogP contribution in [0.3, 0.4) is 0 Å². The Morgan fingerprint density at radius 3 is 2.90 bits per heavy atom. The van der Waals surface area contributed by atoms with Crippen molar-refractivity contribution in [1.29, 1.82) is 0 Å². The van der Waals surface area contributed by atoms with Crippen molar-refractivity contribution in [3.05, 3.63) is 11.9 Å². The van der Waals surface area contributed by atoms with Gasteiger partial charge in [0, 0.05) is 31.3 Å². The second kappa shape index (κ2) is 8.17. The van der Waals surface area contributed by atoms with Crippen LogP contribution in [0.2, 0.25) is 0 Å². The van der Waals surface area contributed by atoms with E-state index in [1.807, 2.05) is 0 Å². The first-order chi connectivity index (χ1) is 10.3. The molecule has 1 aromatic heterocycles. The van der Waals surface area contributed by atoms with Crippen LogP contribution in [0, 0.1) is 0 Å². The van der Waals surface area contributed by atoms with Crippen LogP contribution in [0.5, 0.6) is 0 Å².